The fourth-order valence-electron chi connectivity index (χ4n) is 5.94. The van der Waals surface area contributed by atoms with Crippen molar-refractivity contribution in [1.82, 2.24) is 10.2 Å². The molecule has 1 saturated carbocycles. The lowest BCUT2D eigenvalue weighted by atomic mass is 9.65. The summed E-state index contributed by atoms with van der Waals surface area (Å²) < 4.78 is 50.1. The van der Waals surface area contributed by atoms with Gasteiger partial charge in [0.15, 0.2) is 11.5 Å². The Kier molecular flexibility index (Phi) is 7.41. The maximum absolute atomic E-state index is 13.0. The molecule has 0 aromatic heterocycles. The van der Waals surface area contributed by atoms with Crippen molar-refractivity contribution >= 4 is 11.7 Å². The number of hydrogen-bond acceptors (Lipinski definition) is 4. The van der Waals surface area contributed by atoms with Gasteiger partial charge in [-0.3, -0.25) is 4.90 Å². The van der Waals surface area contributed by atoms with Gasteiger partial charge in [-0.1, -0.05) is 12.1 Å². The van der Waals surface area contributed by atoms with Gasteiger partial charge in [0.2, 0.25) is 0 Å². The Morgan fingerprint density at radius 1 is 1.08 bits per heavy atom. The molecule has 196 valence electrons. The third-order valence-electron chi connectivity index (χ3n) is 7.71. The van der Waals surface area contributed by atoms with Crippen LogP contribution in [-0.4, -0.2) is 49.8 Å². The van der Waals surface area contributed by atoms with Crippen LogP contribution in [-0.2, 0) is 11.6 Å². The molecule has 0 spiro atoms. The molecule has 2 aromatic rings. The first-order valence-corrected chi connectivity index (χ1v) is 12.3. The van der Waals surface area contributed by atoms with Gasteiger partial charge in [0, 0.05) is 29.2 Å². The number of hydrogen-bond donors (Lipinski definition) is 2. The first-order valence-electron chi connectivity index (χ1n) is 12.3. The quantitative estimate of drug-likeness (QED) is 0.520. The number of ether oxygens (including phenoxy) is 2. The normalized spacial score (nSPS) is 24.3. The van der Waals surface area contributed by atoms with Crippen LogP contribution < -0.4 is 20.1 Å². The number of benzene rings is 2. The average Bonchev–Trinajstić information content (AvgIpc) is 3.23. The molecule has 0 radical (unpaired) electrons. The minimum atomic E-state index is -4.46. The van der Waals surface area contributed by atoms with Crippen LogP contribution >= 0.6 is 0 Å². The minimum absolute atomic E-state index is 0.0699. The molecule has 2 aromatic carbocycles. The van der Waals surface area contributed by atoms with Gasteiger partial charge in [0.05, 0.1) is 19.8 Å². The number of fused-ring (bicyclic) bond motifs is 1. The van der Waals surface area contributed by atoms with E-state index in [0.29, 0.717) is 17.5 Å². The molecule has 3 atom stereocenters. The number of likely N-dealkylation sites (tertiary alicyclic amines) is 1. The van der Waals surface area contributed by atoms with Gasteiger partial charge in [-0.25, -0.2) is 4.79 Å². The number of alkyl halides is 3. The van der Waals surface area contributed by atoms with E-state index in [1.54, 1.807) is 14.2 Å². The van der Waals surface area contributed by atoms with Gasteiger partial charge in [-0.2, -0.15) is 13.2 Å². The van der Waals surface area contributed by atoms with Crippen molar-refractivity contribution in [1.29, 1.82) is 0 Å². The average molecular weight is 506 g/mol. The third kappa shape index (κ3) is 5.12. The van der Waals surface area contributed by atoms with E-state index < -0.39 is 17.8 Å². The molecule has 2 aliphatic rings. The summed E-state index contributed by atoms with van der Waals surface area (Å²) in [5, 5.41) is 5.57. The number of anilines is 1. The van der Waals surface area contributed by atoms with Gasteiger partial charge in [0.1, 0.15) is 0 Å². The molecule has 1 aliphatic heterocycles. The zero-order valence-electron chi connectivity index (χ0n) is 21.1. The standard InChI is InChI=1S/C27H34F3N3O3/c1-17(2)33-13-12-26(18-8-9-22(35-3)23(15-18)36-4)11-10-21(16-24(26)33)32-25(34)31-20-7-5-6-19(14-20)27(28,29)30/h5-9,14-15,17,21,24H,10-13,16H2,1-4H3,(H2,31,32,34). The number of carbonyl (C=O) groups excluding carboxylic acids is 1. The Labute approximate surface area is 210 Å². The highest BCUT2D eigenvalue weighted by Crippen LogP contribution is 2.51. The monoisotopic (exact) mass is 505 g/mol. The van der Waals surface area contributed by atoms with Gasteiger partial charge in [-0.05, 0) is 82.0 Å². The molecule has 36 heavy (non-hydrogen) atoms. The van der Waals surface area contributed by atoms with E-state index in [1.165, 1.54) is 17.7 Å². The van der Waals surface area contributed by atoms with Crippen LogP contribution in [0.1, 0.15) is 50.7 Å². The molecule has 9 heteroatoms. The Morgan fingerprint density at radius 2 is 1.83 bits per heavy atom. The number of urea groups is 1. The summed E-state index contributed by atoms with van der Waals surface area (Å²) in [5.74, 6) is 1.39. The Balaban J connectivity index is 1.51. The van der Waals surface area contributed by atoms with E-state index in [4.69, 9.17) is 9.47 Å². The lowest BCUT2D eigenvalue weighted by Crippen LogP contribution is -2.54. The van der Waals surface area contributed by atoms with E-state index >= 15 is 0 Å². The molecule has 1 aliphatic carbocycles. The third-order valence-corrected chi connectivity index (χ3v) is 7.71. The fourth-order valence-corrected chi connectivity index (χ4v) is 5.94. The lowest BCUT2D eigenvalue weighted by molar-refractivity contribution is -0.137. The van der Waals surface area contributed by atoms with Gasteiger partial charge >= 0.3 is 12.2 Å². The largest absolute Gasteiger partial charge is 0.493 e. The van der Waals surface area contributed by atoms with Crippen molar-refractivity contribution in [3.8, 4) is 11.5 Å². The highest BCUT2D eigenvalue weighted by molar-refractivity contribution is 5.89. The fraction of sp³-hybridized carbons (Fsp3) is 0.519. The second-order valence-corrected chi connectivity index (χ2v) is 9.97. The molecule has 0 bridgehead atoms. The number of nitrogens with one attached hydrogen (secondary N) is 2. The van der Waals surface area contributed by atoms with Crippen LogP contribution in [0.2, 0.25) is 0 Å². The number of halogens is 3. The second-order valence-electron chi connectivity index (χ2n) is 9.97. The summed E-state index contributed by atoms with van der Waals surface area (Å²) in [4.78, 5) is 15.2. The van der Waals surface area contributed by atoms with Gasteiger partial charge < -0.3 is 20.1 Å². The number of nitrogens with zero attached hydrogens (tertiary/aromatic N) is 1. The Morgan fingerprint density at radius 3 is 2.50 bits per heavy atom. The zero-order valence-corrected chi connectivity index (χ0v) is 21.1. The summed E-state index contributed by atoms with van der Waals surface area (Å²) >= 11 is 0. The zero-order chi connectivity index (χ0) is 26.1. The van der Waals surface area contributed by atoms with Crippen molar-refractivity contribution in [2.45, 2.75) is 69.2 Å². The number of methoxy groups -OCH3 is 2. The molecule has 1 saturated heterocycles. The summed E-state index contributed by atoms with van der Waals surface area (Å²) in [5.41, 5.74) is 0.457. The number of carbonyl (C=O) groups is 1. The van der Waals surface area contributed by atoms with E-state index in [2.05, 4.69) is 41.5 Å². The molecule has 1 heterocycles. The van der Waals surface area contributed by atoms with E-state index in [9.17, 15) is 18.0 Å². The molecular weight excluding hydrogens is 471 g/mol. The molecule has 2 N–H and O–H groups in total. The highest BCUT2D eigenvalue weighted by atomic mass is 19.4. The maximum atomic E-state index is 13.0. The topological polar surface area (TPSA) is 62.8 Å². The summed E-state index contributed by atoms with van der Waals surface area (Å²) in [6, 6.07) is 10.8. The van der Waals surface area contributed by atoms with Crippen molar-refractivity contribution in [3.63, 3.8) is 0 Å². The van der Waals surface area contributed by atoms with Crippen molar-refractivity contribution < 1.29 is 27.4 Å². The number of rotatable bonds is 6. The molecule has 2 fully saturated rings. The summed E-state index contributed by atoms with van der Waals surface area (Å²) in [6.07, 6.45) is -1.05. The predicted molar refractivity (Wildman–Crippen MR) is 133 cm³/mol. The predicted octanol–water partition coefficient (Wildman–Crippen LogP) is 5.82. The van der Waals surface area contributed by atoms with Crippen LogP contribution in [0.5, 0.6) is 11.5 Å². The van der Waals surface area contributed by atoms with E-state index in [1.807, 2.05) is 6.07 Å². The van der Waals surface area contributed by atoms with Crippen LogP contribution in [0.4, 0.5) is 23.7 Å². The lowest BCUT2D eigenvalue weighted by Gasteiger charge is -2.46. The van der Waals surface area contributed by atoms with Crippen LogP contribution in [0, 0.1) is 0 Å². The van der Waals surface area contributed by atoms with E-state index in [-0.39, 0.29) is 23.2 Å². The molecule has 4 rings (SSSR count). The van der Waals surface area contributed by atoms with E-state index in [0.717, 1.165) is 44.4 Å². The Hall–Kier alpha value is -2.94. The van der Waals surface area contributed by atoms with Crippen LogP contribution in [0.3, 0.4) is 0 Å². The summed E-state index contributed by atoms with van der Waals surface area (Å²) in [6.45, 7) is 5.32. The first-order chi connectivity index (χ1) is 17.1. The summed E-state index contributed by atoms with van der Waals surface area (Å²) in [7, 11) is 3.26. The first kappa shape index (κ1) is 26.1. The van der Waals surface area contributed by atoms with Crippen LogP contribution in [0.25, 0.3) is 0 Å². The highest BCUT2D eigenvalue weighted by Gasteiger charge is 2.52. The van der Waals surface area contributed by atoms with Crippen molar-refractivity contribution in [3.05, 3.63) is 53.6 Å². The number of amides is 2. The molecule has 6 nitrogen and oxygen atoms in total. The Bertz CT molecular complexity index is 1090. The molecule has 3 unspecified atom stereocenters. The SMILES string of the molecule is COc1ccc(C23CCC(NC(=O)Nc4cccc(C(F)(F)F)c4)CC2N(C(C)C)CC3)cc1OC. The minimum Gasteiger partial charge on any atom is -0.493 e. The molecular formula is C27H34F3N3O3. The second kappa shape index (κ2) is 10.2. The maximum Gasteiger partial charge on any atom is 0.416 e. The molecule has 2 amide bonds. The van der Waals surface area contributed by atoms with Gasteiger partial charge in [-0.15, -0.1) is 0 Å². The van der Waals surface area contributed by atoms with Gasteiger partial charge in [0.25, 0.3) is 0 Å². The van der Waals surface area contributed by atoms with Crippen LogP contribution in [0.15, 0.2) is 42.5 Å². The van der Waals surface area contributed by atoms with Crippen molar-refractivity contribution in [2.24, 2.45) is 0 Å². The van der Waals surface area contributed by atoms with Crippen molar-refractivity contribution in [2.75, 3.05) is 26.1 Å². The smallest absolute Gasteiger partial charge is 0.416 e.